The first kappa shape index (κ1) is 25.1. The first-order valence-electron chi connectivity index (χ1n) is 13.4. The quantitative estimate of drug-likeness (QED) is 0.342. The van der Waals surface area contributed by atoms with Crippen LogP contribution in [0.25, 0.3) is 16.7 Å². The van der Waals surface area contributed by atoms with E-state index in [0.29, 0.717) is 34.9 Å². The molecule has 3 heterocycles. The van der Waals surface area contributed by atoms with Crippen LogP contribution in [0.5, 0.6) is 0 Å². The molecule has 8 nitrogen and oxygen atoms in total. The van der Waals surface area contributed by atoms with Gasteiger partial charge < -0.3 is 15.0 Å². The van der Waals surface area contributed by atoms with Gasteiger partial charge in [-0.2, -0.15) is 4.98 Å². The largest absolute Gasteiger partial charge is 0.444 e. The van der Waals surface area contributed by atoms with Gasteiger partial charge in [0.25, 0.3) is 5.78 Å². The highest BCUT2D eigenvalue weighted by Gasteiger charge is 2.43. The molecule has 1 fully saturated rings. The Morgan fingerprint density at radius 3 is 2.69 bits per heavy atom. The zero-order valence-corrected chi connectivity index (χ0v) is 22.6. The summed E-state index contributed by atoms with van der Waals surface area (Å²) in [5, 5.41) is 11.8. The van der Waals surface area contributed by atoms with Crippen LogP contribution in [0.2, 0.25) is 0 Å². The first-order valence-corrected chi connectivity index (χ1v) is 13.4. The summed E-state index contributed by atoms with van der Waals surface area (Å²) in [6, 6.07) is 11.1. The van der Waals surface area contributed by atoms with Crippen molar-refractivity contribution in [3.8, 4) is 11.8 Å². The molecule has 9 heteroatoms. The summed E-state index contributed by atoms with van der Waals surface area (Å²) in [5.74, 6) is 7.96. The fraction of sp³-hybridized carbons (Fsp3) is 0.400. The summed E-state index contributed by atoms with van der Waals surface area (Å²) in [7, 11) is 0. The topological polar surface area (TPSA) is 84.7 Å². The van der Waals surface area contributed by atoms with E-state index in [1.807, 2.05) is 52.0 Å². The number of halogens is 1. The number of aromatic nitrogens is 4. The Hall–Kier alpha value is -4.19. The van der Waals surface area contributed by atoms with Gasteiger partial charge in [-0.1, -0.05) is 24.0 Å². The highest BCUT2D eigenvalue weighted by atomic mass is 19.1. The predicted octanol–water partition coefficient (Wildman–Crippen LogP) is 5.61. The van der Waals surface area contributed by atoms with Crippen molar-refractivity contribution in [3.63, 3.8) is 0 Å². The van der Waals surface area contributed by atoms with E-state index in [1.165, 1.54) is 6.07 Å². The van der Waals surface area contributed by atoms with Gasteiger partial charge in [-0.25, -0.2) is 9.18 Å². The molecule has 6 rings (SSSR count). The summed E-state index contributed by atoms with van der Waals surface area (Å²) in [6.07, 6.45) is 3.85. The van der Waals surface area contributed by atoms with E-state index >= 15 is 4.39 Å². The molecular weight excluding hydrogens is 495 g/mol. The van der Waals surface area contributed by atoms with Crippen molar-refractivity contribution < 1.29 is 13.9 Å². The molecule has 0 spiro atoms. The van der Waals surface area contributed by atoms with Gasteiger partial charge in [-0.05, 0) is 89.6 Å². The van der Waals surface area contributed by atoms with Crippen molar-refractivity contribution in [1.29, 1.82) is 0 Å². The third-order valence-corrected chi connectivity index (χ3v) is 7.15. The van der Waals surface area contributed by atoms with Gasteiger partial charge in [0.05, 0.1) is 10.9 Å². The van der Waals surface area contributed by atoms with Crippen LogP contribution in [0.3, 0.4) is 0 Å². The number of benzene rings is 2. The van der Waals surface area contributed by atoms with Crippen molar-refractivity contribution in [2.24, 2.45) is 0 Å². The van der Waals surface area contributed by atoms with Gasteiger partial charge >= 0.3 is 6.09 Å². The highest BCUT2D eigenvalue weighted by Crippen LogP contribution is 2.39. The minimum absolute atomic E-state index is 0.337. The standard InChI is InChI=1S/C30H31FN6O2/c1-19-34-35-27-32-26(25-22(31)11-8-13-24(25)37(19)27)36-18-6-5-10-21-20(9-7-12-23(21)36)14-15-30(16-17-30)33-28(38)39-29(2,3)4/h7-9,11-13H,5-6,10,16-18H2,1-4H3,(H,33,38). The minimum atomic E-state index is -0.570. The van der Waals surface area contributed by atoms with Crippen LogP contribution in [0.4, 0.5) is 20.7 Å². The molecule has 1 aliphatic carbocycles. The van der Waals surface area contributed by atoms with E-state index in [9.17, 15) is 4.79 Å². The average Bonchev–Trinajstić information content (AvgIpc) is 3.58. The number of alkyl carbamates (subject to hydrolysis) is 1. The van der Waals surface area contributed by atoms with E-state index in [4.69, 9.17) is 9.72 Å². The third kappa shape index (κ3) is 4.76. The summed E-state index contributed by atoms with van der Waals surface area (Å²) >= 11 is 0. The SMILES string of the molecule is Cc1nnc2nc(N3CCCCc4c(C#CC5(NC(=O)OC(C)(C)C)CC5)cccc43)c3c(F)cccc3n12. The van der Waals surface area contributed by atoms with E-state index < -0.39 is 17.2 Å². The van der Waals surface area contributed by atoms with Crippen molar-refractivity contribution in [2.75, 3.05) is 11.4 Å². The van der Waals surface area contributed by atoms with Gasteiger partial charge in [0.2, 0.25) is 0 Å². The number of carbonyl (C=O) groups is 1. The molecule has 39 heavy (non-hydrogen) atoms. The molecule has 4 aromatic rings. The Labute approximate surface area is 226 Å². The molecule has 0 saturated heterocycles. The minimum Gasteiger partial charge on any atom is -0.444 e. The molecule has 0 unspecified atom stereocenters. The van der Waals surface area contributed by atoms with E-state index in [-0.39, 0.29) is 5.82 Å². The van der Waals surface area contributed by atoms with Crippen LogP contribution < -0.4 is 10.2 Å². The lowest BCUT2D eigenvalue weighted by Crippen LogP contribution is -2.39. The van der Waals surface area contributed by atoms with Crippen LogP contribution in [-0.2, 0) is 11.2 Å². The molecule has 0 radical (unpaired) electrons. The Bertz CT molecular complexity index is 1670. The molecule has 200 valence electrons. The van der Waals surface area contributed by atoms with Crippen LogP contribution in [0.1, 0.15) is 63.4 Å². The summed E-state index contributed by atoms with van der Waals surface area (Å²) in [5.41, 5.74) is 2.51. The lowest BCUT2D eigenvalue weighted by atomic mass is 10.0. The van der Waals surface area contributed by atoms with E-state index in [1.54, 1.807) is 10.5 Å². The molecule has 2 aromatic heterocycles. The molecule has 1 saturated carbocycles. The second-order valence-corrected chi connectivity index (χ2v) is 11.3. The van der Waals surface area contributed by atoms with Gasteiger partial charge in [0.1, 0.15) is 28.6 Å². The van der Waals surface area contributed by atoms with Gasteiger partial charge in [-0.3, -0.25) is 4.40 Å². The Balaban J connectivity index is 1.42. The Morgan fingerprint density at radius 1 is 1.13 bits per heavy atom. The molecular formula is C30H31FN6O2. The van der Waals surface area contributed by atoms with Crippen molar-refractivity contribution in [2.45, 2.75) is 70.9 Å². The van der Waals surface area contributed by atoms with E-state index in [2.05, 4.69) is 32.3 Å². The average molecular weight is 527 g/mol. The number of nitrogens with zero attached hydrogens (tertiary/aromatic N) is 5. The number of anilines is 2. The van der Waals surface area contributed by atoms with Crippen LogP contribution in [0.15, 0.2) is 36.4 Å². The number of fused-ring (bicyclic) bond motifs is 4. The zero-order valence-electron chi connectivity index (χ0n) is 22.6. The number of hydrogen-bond donors (Lipinski definition) is 1. The lowest BCUT2D eigenvalue weighted by Gasteiger charge is -2.26. The first-order chi connectivity index (χ1) is 18.6. The molecule has 0 atom stereocenters. The maximum atomic E-state index is 15.4. The van der Waals surface area contributed by atoms with Crippen molar-refractivity contribution in [3.05, 3.63) is 59.2 Å². The highest BCUT2D eigenvalue weighted by molar-refractivity contribution is 5.94. The third-order valence-electron chi connectivity index (χ3n) is 7.15. The van der Waals surface area contributed by atoms with Crippen LogP contribution in [0, 0.1) is 24.6 Å². The second kappa shape index (κ2) is 9.23. The number of carbonyl (C=O) groups excluding carboxylic acids is 1. The fourth-order valence-electron chi connectivity index (χ4n) is 5.18. The predicted molar refractivity (Wildman–Crippen MR) is 148 cm³/mol. The van der Waals surface area contributed by atoms with Crippen molar-refractivity contribution >= 4 is 34.3 Å². The smallest absolute Gasteiger partial charge is 0.408 e. The summed E-state index contributed by atoms with van der Waals surface area (Å²) < 4.78 is 22.6. The number of rotatable bonds is 2. The molecule has 2 aliphatic rings. The van der Waals surface area contributed by atoms with Crippen LogP contribution >= 0.6 is 0 Å². The lowest BCUT2D eigenvalue weighted by molar-refractivity contribution is 0.0511. The number of aryl methyl sites for hydroxylation is 1. The number of amides is 1. The molecule has 2 aromatic carbocycles. The van der Waals surface area contributed by atoms with Gasteiger partial charge in [0.15, 0.2) is 0 Å². The maximum Gasteiger partial charge on any atom is 0.408 e. The maximum absolute atomic E-state index is 15.4. The van der Waals surface area contributed by atoms with Crippen molar-refractivity contribution in [1.82, 2.24) is 24.9 Å². The Morgan fingerprint density at radius 2 is 1.92 bits per heavy atom. The molecule has 1 N–H and O–H groups in total. The number of ether oxygens (including phenoxy) is 1. The molecule has 0 bridgehead atoms. The number of nitrogens with one attached hydrogen (secondary N) is 1. The van der Waals surface area contributed by atoms with Crippen LogP contribution in [-0.4, -0.2) is 43.4 Å². The Kier molecular flexibility index (Phi) is 5.94. The molecule has 1 aliphatic heterocycles. The summed E-state index contributed by atoms with van der Waals surface area (Å²) in [6.45, 7) is 8.05. The van der Waals surface area contributed by atoms with Gasteiger partial charge in [-0.15, -0.1) is 10.2 Å². The summed E-state index contributed by atoms with van der Waals surface area (Å²) in [4.78, 5) is 19.3. The number of hydrogen-bond acceptors (Lipinski definition) is 6. The van der Waals surface area contributed by atoms with Gasteiger partial charge in [0, 0.05) is 17.8 Å². The van der Waals surface area contributed by atoms with E-state index in [0.717, 1.165) is 48.9 Å². The molecule has 1 amide bonds. The normalized spacial score (nSPS) is 16.3. The second-order valence-electron chi connectivity index (χ2n) is 11.3. The fourth-order valence-corrected chi connectivity index (χ4v) is 5.18. The zero-order chi connectivity index (χ0) is 27.4. The monoisotopic (exact) mass is 526 g/mol.